The van der Waals surface area contributed by atoms with Crippen LogP contribution < -0.4 is 5.73 Å². The first-order valence-corrected chi connectivity index (χ1v) is 20.2. The Balaban J connectivity index is 4.23. The normalized spacial score (nSPS) is 13.6. The Morgan fingerprint density at radius 2 is 1.07 bits per heavy atom. The Labute approximate surface area is 281 Å². The summed E-state index contributed by atoms with van der Waals surface area (Å²) in [7, 11) is -4.36. The van der Waals surface area contributed by atoms with E-state index in [4.69, 9.17) is 24.3 Å². The molecule has 46 heavy (non-hydrogen) atoms. The van der Waals surface area contributed by atoms with Gasteiger partial charge in [0.1, 0.15) is 6.61 Å². The standard InChI is InChI=1S/C36H70NO8P/c1-3-5-7-9-11-13-15-17-19-21-23-25-27-29-36(39)45-34(33-44-46(40,41)43-31-30-37)32-42-35(38)28-26-24-22-20-18-16-14-12-10-8-6-4-2/h12,14,34H,3-11,13,15-33,37H2,1-2H3,(H,40,41)/b14-12-/t34-/m1/s1. The average molecular weight is 676 g/mol. The molecule has 0 saturated heterocycles. The second-order valence-corrected chi connectivity index (χ2v) is 13.9. The first kappa shape index (κ1) is 44.8. The van der Waals surface area contributed by atoms with Crippen LogP contribution in [0.3, 0.4) is 0 Å². The van der Waals surface area contributed by atoms with E-state index in [9.17, 15) is 19.0 Å². The second kappa shape index (κ2) is 33.6. The van der Waals surface area contributed by atoms with E-state index in [1.165, 1.54) is 89.9 Å². The number of phosphoric acid groups is 1. The van der Waals surface area contributed by atoms with Gasteiger partial charge < -0.3 is 20.1 Å². The maximum absolute atomic E-state index is 12.5. The highest BCUT2D eigenvalue weighted by atomic mass is 31.2. The number of nitrogens with two attached hydrogens (primary N) is 1. The van der Waals surface area contributed by atoms with Crippen LogP contribution in [-0.4, -0.2) is 49.3 Å². The highest BCUT2D eigenvalue weighted by Gasteiger charge is 2.25. The molecule has 0 aliphatic heterocycles. The molecule has 0 aromatic heterocycles. The predicted molar refractivity (Wildman–Crippen MR) is 188 cm³/mol. The number of carbonyl (C=O) groups excluding carboxylic acids is 2. The van der Waals surface area contributed by atoms with Gasteiger partial charge in [0.25, 0.3) is 0 Å². The molecule has 0 amide bonds. The van der Waals surface area contributed by atoms with E-state index in [1.807, 2.05) is 0 Å². The zero-order valence-corrected chi connectivity index (χ0v) is 30.5. The monoisotopic (exact) mass is 675 g/mol. The maximum Gasteiger partial charge on any atom is 0.472 e. The number of allylic oxidation sites excluding steroid dienone is 2. The number of unbranched alkanes of at least 4 members (excludes halogenated alkanes) is 20. The van der Waals surface area contributed by atoms with Crippen LogP contribution in [-0.2, 0) is 32.7 Å². The van der Waals surface area contributed by atoms with Crippen molar-refractivity contribution in [3.63, 3.8) is 0 Å². The molecule has 9 nitrogen and oxygen atoms in total. The van der Waals surface area contributed by atoms with Gasteiger partial charge in [-0.1, -0.05) is 135 Å². The van der Waals surface area contributed by atoms with E-state index >= 15 is 0 Å². The zero-order valence-electron chi connectivity index (χ0n) is 29.6. The number of rotatable bonds is 35. The lowest BCUT2D eigenvalue weighted by atomic mass is 10.0. The molecule has 10 heteroatoms. The third-order valence-electron chi connectivity index (χ3n) is 7.90. The van der Waals surface area contributed by atoms with Crippen LogP contribution in [0.15, 0.2) is 12.2 Å². The lowest BCUT2D eigenvalue weighted by Crippen LogP contribution is -2.29. The minimum Gasteiger partial charge on any atom is -0.462 e. The number of hydrogen-bond donors (Lipinski definition) is 2. The van der Waals surface area contributed by atoms with Crippen LogP contribution in [0.4, 0.5) is 0 Å². The fourth-order valence-electron chi connectivity index (χ4n) is 5.10. The Kier molecular flexibility index (Phi) is 32.7. The summed E-state index contributed by atoms with van der Waals surface area (Å²) in [6.07, 6.45) is 30.9. The van der Waals surface area contributed by atoms with E-state index in [1.54, 1.807) is 0 Å². The van der Waals surface area contributed by atoms with Gasteiger partial charge in [-0.15, -0.1) is 0 Å². The molecule has 0 spiro atoms. The predicted octanol–water partition coefficient (Wildman–Crippen LogP) is 9.88. The average Bonchev–Trinajstić information content (AvgIpc) is 3.04. The van der Waals surface area contributed by atoms with Gasteiger partial charge >= 0.3 is 19.8 Å². The fraction of sp³-hybridized carbons (Fsp3) is 0.889. The van der Waals surface area contributed by atoms with Crippen molar-refractivity contribution < 1.29 is 37.6 Å². The molecule has 272 valence electrons. The van der Waals surface area contributed by atoms with Gasteiger partial charge in [-0.3, -0.25) is 18.6 Å². The van der Waals surface area contributed by atoms with Crippen molar-refractivity contribution in [2.45, 2.75) is 180 Å². The first-order valence-electron chi connectivity index (χ1n) is 18.7. The smallest absolute Gasteiger partial charge is 0.462 e. The highest BCUT2D eigenvalue weighted by molar-refractivity contribution is 7.47. The molecule has 2 atom stereocenters. The lowest BCUT2D eigenvalue weighted by molar-refractivity contribution is -0.161. The van der Waals surface area contributed by atoms with E-state index in [2.05, 4.69) is 26.0 Å². The molecule has 0 heterocycles. The Bertz CT molecular complexity index is 779. The van der Waals surface area contributed by atoms with Crippen molar-refractivity contribution in [1.82, 2.24) is 0 Å². The number of esters is 2. The molecule has 1 unspecified atom stereocenters. The summed E-state index contributed by atoms with van der Waals surface area (Å²) in [5, 5.41) is 0. The first-order chi connectivity index (χ1) is 22.3. The summed E-state index contributed by atoms with van der Waals surface area (Å²) in [6, 6.07) is 0. The number of hydrogen-bond acceptors (Lipinski definition) is 8. The van der Waals surface area contributed by atoms with Crippen LogP contribution in [0.5, 0.6) is 0 Å². The van der Waals surface area contributed by atoms with Crippen molar-refractivity contribution in [2.24, 2.45) is 5.73 Å². The summed E-state index contributed by atoms with van der Waals surface area (Å²) in [4.78, 5) is 34.6. The second-order valence-electron chi connectivity index (χ2n) is 12.4. The van der Waals surface area contributed by atoms with Gasteiger partial charge in [0.15, 0.2) is 6.10 Å². The van der Waals surface area contributed by atoms with Crippen molar-refractivity contribution in [1.29, 1.82) is 0 Å². The van der Waals surface area contributed by atoms with Gasteiger partial charge in [-0.2, -0.15) is 0 Å². The molecule has 0 radical (unpaired) electrons. The molecule has 0 fully saturated rings. The molecule has 0 aliphatic carbocycles. The SMILES string of the molecule is CCCCC/C=C\CCCCCCCC(=O)OC[C@H](COP(=O)(O)OCCN)OC(=O)CCCCCCCCCCCCCCC. The molecule has 0 bridgehead atoms. The molecular formula is C36H70NO8P. The van der Waals surface area contributed by atoms with E-state index in [0.717, 1.165) is 51.4 Å². The van der Waals surface area contributed by atoms with Gasteiger partial charge in [-0.25, -0.2) is 4.57 Å². The Morgan fingerprint density at radius 3 is 1.59 bits per heavy atom. The summed E-state index contributed by atoms with van der Waals surface area (Å²) in [6.45, 7) is 3.69. The highest BCUT2D eigenvalue weighted by Crippen LogP contribution is 2.43. The number of ether oxygens (including phenoxy) is 2. The van der Waals surface area contributed by atoms with Crippen molar-refractivity contribution in [3.05, 3.63) is 12.2 Å². The molecule has 3 N–H and O–H groups in total. The van der Waals surface area contributed by atoms with Crippen molar-refractivity contribution in [2.75, 3.05) is 26.4 Å². The molecule has 0 aliphatic rings. The number of carbonyl (C=O) groups is 2. The summed E-state index contributed by atoms with van der Waals surface area (Å²) in [5.41, 5.74) is 5.32. The van der Waals surface area contributed by atoms with Crippen LogP contribution in [0.2, 0.25) is 0 Å². The van der Waals surface area contributed by atoms with Crippen molar-refractivity contribution in [3.8, 4) is 0 Å². The largest absolute Gasteiger partial charge is 0.472 e. The van der Waals surface area contributed by atoms with E-state index < -0.39 is 26.5 Å². The molecule has 0 saturated carbocycles. The van der Waals surface area contributed by atoms with E-state index in [-0.39, 0.29) is 38.6 Å². The van der Waals surface area contributed by atoms with Gasteiger partial charge in [0.2, 0.25) is 0 Å². The Morgan fingerprint density at radius 1 is 0.630 bits per heavy atom. The Hall–Kier alpha value is -1.25. The maximum atomic E-state index is 12.5. The van der Waals surface area contributed by atoms with Crippen LogP contribution in [0.1, 0.15) is 174 Å². The van der Waals surface area contributed by atoms with E-state index in [0.29, 0.717) is 6.42 Å². The van der Waals surface area contributed by atoms with Gasteiger partial charge in [-0.05, 0) is 38.5 Å². The van der Waals surface area contributed by atoms with Gasteiger partial charge in [0.05, 0.1) is 13.2 Å². The summed E-state index contributed by atoms with van der Waals surface area (Å²) in [5.74, 6) is -0.835. The molecule has 0 aromatic carbocycles. The molecule has 0 rings (SSSR count). The number of phosphoric ester groups is 1. The quantitative estimate of drug-likeness (QED) is 0.0291. The lowest BCUT2D eigenvalue weighted by Gasteiger charge is -2.19. The van der Waals surface area contributed by atoms with Crippen LogP contribution in [0.25, 0.3) is 0 Å². The fourth-order valence-corrected chi connectivity index (χ4v) is 5.86. The zero-order chi connectivity index (χ0) is 34.0. The summed E-state index contributed by atoms with van der Waals surface area (Å²) < 4.78 is 32.6. The third-order valence-corrected chi connectivity index (χ3v) is 8.89. The third kappa shape index (κ3) is 32.7. The minimum atomic E-state index is -4.36. The summed E-state index contributed by atoms with van der Waals surface area (Å²) >= 11 is 0. The van der Waals surface area contributed by atoms with Gasteiger partial charge in [0, 0.05) is 19.4 Å². The molecule has 0 aromatic rings. The van der Waals surface area contributed by atoms with Crippen LogP contribution in [0, 0.1) is 0 Å². The topological polar surface area (TPSA) is 134 Å². The minimum absolute atomic E-state index is 0.0548. The van der Waals surface area contributed by atoms with Crippen LogP contribution >= 0.6 is 7.82 Å². The van der Waals surface area contributed by atoms with Crippen molar-refractivity contribution >= 4 is 19.8 Å². The molecular weight excluding hydrogens is 605 g/mol.